The summed E-state index contributed by atoms with van der Waals surface area (Å²) >= 11 is 4.88. The Morgan fingerprint density at radius 1 is 1.20 bits per heavy atom. The van der Waals surface area contributed by atoms with Crippen LogP contribution in [0.5, 0.6) is 0 Å². The van der Waals surface area contributed by atoms with Crippen molar-refractivity contribution in [2.24, 2.45) is 0 Å². The van der Waals surface area contributed by atoms with Gasteiger partial charge >= 0.3 is 0 Å². The molecular weight excluding hydrogens is 469 g/mol. The van der Waals surface area contributed by atoms with Crippen LogP contribution in [-0.2, 0) is 15.1 Å². The number of aromatic nitrogens is 1. The van der Waals surface area contributed by atoms with E-state index in [1.165, 1.54) is 23.5 Å². The molecule has 8 heteroatoms. The Bertz CT molecular complexity index is 1020. The van der Waals surface area contributed by atoms with E-state index in [0.717, 1.165) is 28.4 Å². The highest BCUT2D eigenvalue weighted by Crippen LogP contribution is 2.33. The number of thiazole rings is 1. The van der Waals surface area contributed by atoms with Crippen molar-refractivity contribution < 1.29 is 13.9 Å². The molecule has 0 bridgehead atoms. The third-order valence-corrected chi connectivity index (χ3v) is 6.45. The molecule has 2 heterocycles. The first kappa shape index (κ1) is 21.1. The summed E-state index contributed by atoms with van der Waals surface area (Å²) < 4.78 is 19.7. The molecule has 1 aliphatic heterocycles. The van der Waals surface area contributed by atoms with E-state index in [2.05, 4.69) is 43.7 Å². The molecule has 30 heavy (non-hydrogen) atoms. The van der Waals surface area contributed by atoms with Crippen LogP contribution in [0, 0.1) is 5.82 Å². The van der Waals surface area contributed by atoms with Gasteiger partial charge in [-0.1, -0.05) is 28.1 Å². The van der Waals surface area contributed by atoms with E-state index in [1.807, 2.05) is 17.5 Å². The molecule has 0 spiro atoms. The maximum absolute atomic E-state index is 13.1. The van der Waals surface area contributed by atoms with Gasteiger partial charge in [0.1, 0.15) is 5.82 Å². The van der Waals surface area contributed by atoms with Gasteiger partial charge in [0.05, 0.1) is 12.2 Å². The van der Waals surface area contributed by atoms with Crippen molar-refractivity contribution in [3.8, 4) is 11.3 Å². The van der Waals surface area contributed by atoms with E-state index in [-0.39, 0.29) is 23.8 Å². The molecule has 1 amide bonds. The molecule has 1 aromatic heterocycles. The van der Waals surface area contributed by atoms with Crippen LogP contribution in [0.4, 0.5) is 9.52 Å². The van der Waals surface area contributed by atoms with E-state index < -0.39 is 0 Å². The molecular formula is C22H21BrFN3O2S. The summed E-state index contributed by atoms with van der Waals surface area (Å²) in [5, 5.41) is 8.68. The number of benzene rings is 2. The Hall–Kier alpha value is -2.13. The van der Waals surface area contributed by atoms with Gasteiger partial charge in [0.25, 0.3) is 0 Å². The van der Waals surface area contributed by atoms with Crippen molar-refractivity contribution in [2.75, 3.05) is 25.1 Å². The maximum Gasteiger partial charge on any atom is 0.240 e. The summed E-state index contributed by atoms with van der Waals surface area (Å²) in [4.78, 5) is 17.0. The number of halogens is 2. The maximum atomic E-state index is 13.1. The minimum atomic E-state index is -0.304. The van der Waals surface area contributed by atoms with Crippen molar-refractivity contribution in [2.45, 2.75) is 18.4 Å². The van der Waals surface area contributed by atoms with Gasteiger partial charge < -0.3 is 10.1 Å². The third kappa shape index (κ3) is 4.95. The smallest absolute Gasteiger partial charge is 0.240 e. The van der Waals surface area contributed by atoms with E-state index in [0.29, 0.717) is 24.0 Å². The second-order valence-corrected chi connectivity index (χ2v) is 8.93. The van der Waals surface area contributed by atoms with Crippen LogP contribution in [0.1, 0.15) is 18.4 Å². The number of anilines is 1. The minimum Gasteiger partial charge on any atom is -0.381 e. The zero-order chi connectivity index (χ0) is 21.0. The highest BCUT2D eigenvalue weighted by Gasteiger charge is 2.34. The molecule has 4 rings (SSSR count). The van der Waals surface area contributed by atoms with Crippen LogP contribution < -0.4 is 10.6 Å². The van der Waals surface area contributed by atoms with Gasteiger partial charge in [0.15, 0.2) is 5.13 Å². The predicted molar refractivity (Wildman–Crippen MR) is 120 cm³/mol. The number of ether oxygens (including phenoxy) is 1. The van der Waals surface area contributed by atoms with Gasteiger partial charge in [-0.05, 0) is 54.8 Å². The Morgan fingerprint density at radius 2 is 1.97 bits per heavy atom. The second kappa shape index (κ2) is 9.34. The van der Waals surface area contributed by atoms with Gasteiger partial charge in [-0.25, -0.2) is 9.37 Å². The summed E-state index contributed by atoms with van der Waals surface area (Å²) in [7, 11) is 0. The fraction of sp³-hybridized carbons (Fsp3) is 0.273. The van der Waals surface area contributed by atoms with Crippen molar-refractivity contribution in [3.05, 3.63) is 69.8 Å². The average molecular weight is 490 g/mol. The number of nitrogens with zero attached hydrogens (tertiary/aromatic N) is 1. The van der Waals surface area contributed by atoms with E-state index >= 15 is 0 Å². The van der Waals surface area contributed by atoms with E-state index in [9.17, 15) is 9.18 Å². The highest BCUT2D eigenvalue weighted by molar-refractivity contribution is 9.10. The van der Waals surface area contributed by atoms with Crippen LogP contribution in [0.2, 0.25) is 0 Å². The summed E-state index contributed by atoms with van der Waals surface area (Å²) in [5.74, 6) is -0.447. The normalized spacial score (nSPS) is 15.7. The fourth-order valence-corrected chi connectivity index (χ4v) is 4.71. The standard InChI is InChI=1S/C22H21BrFN3O2S/c23-17-3-1-2-16(12-17)22(8-10-29-11-9-22)25-13-20(28)27-21-26-19(14-30-21)15-4-6-18(24)7-5-15/h1-7,12,14,25H,8-11,13H2,(H,26,27,28). The van der Waals surface area contributed by atoms with Gasteiger partial charge in [-0.15, -0.1) is 11.3 Å². The molecule has 1 saturated heterocycles. The number of rotatable bonds is 6. The van der Waals surface area contributed by atoms with Crippen molar-refractivity contribution in [1.29, 1.82) is 0 Å². The molecule has 156 valence electrons. The lowest BCUT2D eigenvalue weighted by Crippen LogP contribution is -2.49. The van der Waals surface area contributed by atoms with Gasteiger partial charge in [0, 0.05) is 34.2 Å². The second-order valence-electron chi connectivity index (χ2n) is 7.15. The van der Waals surface area contributed by atoms with Crippen LogP contribution in [0.25, 0.3) is 11.3 Å². The number of carbonyl (C=O) groups excluding carboxylic acids is 1. The molecule has 5 nitrogen and oxygen atoms in total. The Balaban J connectivity index is 1.41. The Labute approximate surface area is 186 Å². The molecule has 0 aliphatic carbocycles. The summed E-state index contributed by atoms with van der Waals surface area (Å²) in [6.45, 7) is 1.46. The summed E-state index contributed by atoms with van der Waals surface area (Å²) in [6, 6.07) is 14.3. The minimum absolute atomic E-state index is 0.157. The zero-order valence-corrected chi connectivity index (χ0v) is 18.6. The van der Waals surface area contributed by atoms with E-state index in [4.69, 9.17) is 4.74 Å². The molecule has 3 aromatic rings. The van der Waals surface area contributed by atoms with Gasteiger partial charge in [-0.2, -0.15) is 0 Å². The molecule has 0 radical (unpaired) electrons. The van der Waals surface area contributed by atoms with Gasteiger partial charge in [-0.3, -0.25) is 10.1 Å². The Morgan fingerprint density at radius 3 is 2.70 bits per heavy atom. The lowest BCUT2D eigenvalue weighted by atomic mass is 9.82. The predicted octanol–water partition coefficient (Wildman–Crippen LogP) is 4.95. The SMILES string of the molecule is O=C(CNC1(c2cccc(Br)c2)CCOCC1)Nc1nc(-c2ccc(F)cc2)cs1. The number of carbonyl (C=O) groups is 1. The summed E-state index contributed by atoms with van der Waals surface area (Å²) in [5.41, 5.74) is 2.35. The molecule has 1 fully saturated rings. The van der Waals surface area contributed by atoms with Crippen LogP contribution in [0.15, 0.2) is 58.4 Å². The number of nitrogens with one attached hydrogen (secondary N) is 2. The largest absolute Gasteiger partial charge is 0.381 e. The first-order valence-electron chi connectivity index (χ1n) is 9.64. The molecule has 1 aliphatic rings. The first-order valence-corrected chi connectivity index (χ1v) is 11.3. The first-order chi connectivity index (χ1) is 14.5. The molecule has 2 N–H and O–H groups in total. The van der Waals surface area contributed by atoms with Crippen molar-refractivity contribution in [3.63, 3.8) is 0 Å². The monoisotopic (exact) mass is 489 g/mol. The topological polar surface area (TPSA) is 63.2 Å². The summed E-state index contributed by atoms with van der Waals surface area (Å²) in [6.07, 6.45) is 1.59. The molecule has 2 aromatic carbocycles. The average Bonchev–Trinajstić information content (AvgIpc) is 3.22. The fourth-order valence-electron chi connectivity index (χ4n) is 3.57. The van der Waals surface area contributed by atoms with E-state index in [1.54, 1.807) is 12.1 Å². The zero-order valence-electron chi connectivity index (χ0n) is 16.2. The van der Waals surface area contributed by atoms with Crippen LogP contribution >= 0.6 is 27.3 Å². The van der Waals surface area contributed by atoms with Crippen LogP contribution in [-0.4, -0.2) is 30.6 Å². The van der Waals surface area contributed by atoms with Crippen molar-refractivity contribution >= 4 is 38.3 Å². The van der Waals surface area contributed by atoms with Crippen molar-refractivity contribution in [1.82, 2.24) is 10.3 Å². The molecule has 0 unspecified atom stereocenters. The number of hydrogen-bond acceptors (Lipinski definition) is 5. The van der Waals surface area contributed by atoms with Gasteiger partial charge in [0.2, 0.25) is 5.91 Å². The number of amides is 1. The van der Waals surface area contributed by atoms with Crippen LogP contribution in [0.3, 0.4) is 0 Å². The highest BCUT2D eigenvalue weighted by atomic mass is 79.9. The third-order valence-electron chi connectivity index (χ3n) is 5.20. The molecule has 0 atom stereocenters. The Kier molecular flexibility index (Phi) is 6.58. The lowest BCUT2D eigenvalue weighted by Gasteiger charge is -2.38. The lowest BCUT2D eigenvalue weighted by molar-refractivity contribution is -0.116. The number of hydrogen-bond donors (Lipinski definition) is 2. The quantitative estimate of drug-likeness (QED) is 0.514. The molecule has 0 saturated carbocycles.